The van der Waals surface area contributed by atoms with Crippen LogP contribution in [0.2, 0.25) is 0 Å². The maximum Gasteiger partial charge on any atom is 0.233 e. The maximum atomic E-state index is 14.0. The van der Waals surface area contributed by atoms with Gasteiger partial charge in [0.15, 0.2) is 0 Å². The fourth-order valence-electron chi connectivity index (χ4n) is 3.22. The molecule has 1 saturated heterocycles. The number of amides is 1. The van der Waals surface area contributed by atoms with Crippen LogP contribution in [-0.4, -0.2) is 55.8 Å². The van der Waals surface area contributed by atoms with Gasteiger partial charge in [-0.15, -0.1) is 0 Å². The number of carbonyl (C=O) groups excluding carboxylic acids is 1. The summed E-state index contributed by atoms with van der Waals surface area (Å²) in [4.78, 5) is 14.2. The average molecular weight is 342 g/mol. The second kappa shape index (κ2) is 5.54. The Kier molecular flexibility index (Phi) is 3.94. The molecule has 126 valence electrons. The summed E-state index contributed by atoms with van der Waals surface area (Å²) in [6, 6.07) is 5.48. The van der Waals surface area contributed by atoms with Crippen LogP contribution in [0.3, 0.4) is 0 Å². The van der Waals surface area contributed by atoms with Gasteiger partial charge in [0, 0.05) is 18.7 Å². The number of hydrogen-bond donors (Lipinski definition) is 2. The summed E-state index contributed by atoms with van der Waals surface area (Å²) in [5.74, 6) is -0.664. The van der Waals surface area contributed by atoms with E-state index in [2.05, 4.69) is 4.72 Å². The predicted octanol–water partition coefficient (Wildman–Crippen LogP) is -0.0218. The number of aliphatic hydroxyl groups excluding tert-OH is 1. The van der Waals surface area contributed by atoms with E-state index in [4.69, 9.17) is 0 Å². The van der Waals surface area contributed by atoms with Crippen LogP contribution < -0.4 is 4.72 Å². The summed E-state index contributed by atoms with van der Waals surface area (Å²) in [6.45, 7) is 0.130. The van der Waals surface area contributed by atoms with Crippen LogP contribution in [0.25, 0.3) is 0 Å². The van der Waals surface area contributed by atoms with E-state index in [1.54, 1.807) is 18.2 Å². The van der Waals surface area contributed by atoms with Crippen LogP contribution in [0.15, 0.2) is 24.3 Å². The largest absolute Gasteiger partial charge is 0.390 e. The van der Waals surface area contributed by atoms with Gasteiger partial charge in [0.1, 0.15) is 5.82 Å². The van der Waals surface area contributed by atoms with Gasteiger partial charge in [0.25, 0.3) is 0 Å². The SMILES string of the molecule is CS(=O)(=O)N[C@@H]1CN(C(=O)C2(c3ccccc3F)CC2)C[C@H]1O. The zero-order chi connectivity index (χ0) is 16.8. The van der Waals surface area contributed by atoms with E-state index in [0.29, 0.717) is 18.4 Å². The quantitative estimate of drug-likeness (QED) is 0.805. The third-order valence-corrected chi connectivity index (χ3v) is 5.22. The van der Waals surface area contributed by atoms with Gasteiger partial charge in [-0.1, -0.05) is 18.2 Å². The number of aliphatic hydroxyl groups is 1. The molecule has 1 aromatic rings. The first-order chi connectivity index (χ1) is 10.7. The van der Waals surface area contributed by atoms with Gasteiger partial charge >= 0.3 is 0 Å². The van der Waals surface area contributed by atoms with E-state index in [-0.39, 0.29) is 19.0 Å². The first kappa shape index (κ1) is 16.4. The minimum Gasteiger partial charge on any atom is -0.390 e. The van der Waals surface area contributed by atoms with E-state index in [0.717, 1.165) is 6.26 Å². The summed E-state index contributed by atoms with van der Waals surface area (Å²) >= 11 is 0. The first-order valence-electron chi connectivity index (χ1n) is 7.43. The standard InChI is InChI=1S/C15H19FN2O4S/c1-23(21,22)17-12-8-18(9-13(12)19)14(20)15(6-7-15)10-4-2-3-5-11(10)16/h2-5,12-13,17,19H,6-9H2,1H3/t12-,13-/m1/s1. The van der Waals surface area contributed by atoms with Crippen LogP contribution in [0.4, 0.5) is 4.39 Å². The van der Waals surface area contributed by atoms with Crippen molar-refractivity contribution < 1.29 is 22.7 Å². The molecule has 1 aliphatic carbocycles. The number of likely N-dealkylation sites (tertiary alicyclic amines) is 1. The van der Waals surface area contributed by atoms with Crippen molar-refractivity contribution in [3.8, 4) is 0 Å². The second-order valence-electron chi connectivity index (χ2n) is 6.34. The van der Waals surface area contributed by atoms with E-state index in [1.165, 1.54) is 11.0 Å². The molecule has 2 fully saturated rings. The van der Waals surface area contributed by atoms with Gasteiger partial charge in [-0.2, -0.15) is 0 Å². The number of carbonyl (C=O) groups is 1. The average Bonchev–Trinajstić information content (AvgIpc) is 3.18. The molecule has 0 spiro atoms. The van der Waals surface area contributed by atoms with E-state index >= 15 is 0 Å². The summed E-state index contributed by atoms with van der Waals surface area (Å²) in [5, 5.41) is 9.99. The summed E-state index contributed by atoms with van der Waals surface area (Å²) in [7, 11) is -3.48. The van der Waals surface area contributed by atoms with Gasteiger partial charge < -0.3 is 10.0 Å². The van der Waals surface area contributed by atoms with Crippen molar-refractivity contribution in [2.45, 2.75) is 30.4 Å². The van der Waals surface area contributed by atoms with Gasteiger partial charge in [-0.3, -0.25) is 4.79 Å². The number of sulfonamides is 1. The Morgan fingerprint density at radius 2 is 2.00 bits per heavy atom. The third kappa shape index (κ3) is 3.11. The van der Waals surface area contributed by atoms with Crippen molar-refractivity contribution in [2.75, 3.05) is 19.3 Å². The third-order valence-electron chi connectivity index (χ3n) is 4.49. The smallest absolute Gasteiger partial charge is 0.233 e. The Balaban J connectivity index is 1.78. The number of hydrogen-bond acceptors (Lipinski definition) is 4. The Morgan fingerprint density at radius 1 is 1.35 bits per heavy atom. The van der Waals surface area contributed by atoms with Gasteiger partial charge in [0.2, 0.25) is 15.9 Å². The Morgan fingerprint density at radius 3 is 2.57 bits per heavy atom. The lowest BCUT2D eigenvalue weighted by Crippen LogP contribution is -2.43. The topological polar surface area (TPSA) is 86.7 Å². The van der Waals surface area contributed by atoms with Crippen molar-refractivity contribution in [1.82, 2.24) is 9.62 Å². The van der Waals surface area contributed by atoms with Crippen molar-refractivity contribution in [3.63, 3.8) is 0 Å². The molecule has 2 N–H and O–H groups in total. The van der Waals surface area contributed by atoms with Crippen LogP contribution in [0.5, 0.6) is 0 Å². The Bertz CT molecular complexity index is 733. The van der Waals surface area contributed by atoms with Crippen molar-refractivity contribution >= 4 is 15.9 Å². The molecule has 2 aliphatic rings. The number of nitrogens with one attached hydrogen (secondary N) is 1. The molecule has 0 bridgehead atoms. The molecule has 1 saturated carbocycles. The lowest BCUT2D eigenvalue weighted by atomic mass is 9.94. The zero-order valence-electron chi connectivity index (χ0n) is 12.7. The molecule has 1 amide bonds. The molecule has 23 heavy (non-hydrogen) atoms. The fraction of sp³-hybridized carbons (Fsp3) is 0.533. The molecule has 1 aliphatic heterocycles. The highest BCUT2D eigenvalue weighted by Gasteiger charge is 2.55. The number of halogens is 1. The highest BCUT2D eigenvalue weighted by molar-refractivity contribution is 7.88. The van der Waals surface area contributed by atoms with Crippen LogP contribution in [0, 0.1) is 5.82 Å². The monoisotopic (exact) mass is 342 g/mol. The number of β-amino-alcohol motifs (C(OH)–C–C–N with tert-alkyl or cyclic N) is 1. The zero-order valence-corrected chi connectivity index (χ0v) is 13.5. The molecule has 2 atom stereocenters. The molecule has 0 unspecified atom stereocenters. The van der Waals surface area contributed by atoms with Gasteiger partial charge in [0.05, 0.1) is 23.8 Å². The number of benzene rings is 1. The molecule has 0 radical (unpaired) electrons. The lowest BCUT2D eigenvalue weighted by molar-refractivity contribution is -0.133. The highest BCUT2D eigenvalue weighted by atomic mass is 32.2. The molecule has 1 heterocycles. The minimum atomic E-state index is -3.48. The van der Waals surface area contributed by atoms with Crippen LogP contribution in [0.1, 0.15) is 18.4 Å². The molecular formula is C15H19FN2O4S. The predicted molar refractivity (Wildman–Crippen MR) is 81.7 cm³/mol. The molecule has 6 nitrogen and oxygen atoms in total. The first-order valence-corrected chi connectivity index (χ1v) is 9.32. The summed E-state index contributed by atoms with van der Waals surface area (Å²) < 4.78 is 39.0. The van der Waals surface area contributed by atoms with Gasteiger partial charge in [-0.25, -0.2) is 17.5 Å². The minimum absolute atomic E-state index is 0.0439. The number of nitrogens with zero attached hydrogens (tertiary/aromatic N) is 1. The van der Waals surface area contributed by atoms with E-state index in [9.17, 15) is 22.7 Å². The molecule has 8 heteroatoms. The van der Waals surface area contributed by atoms with Gasteiger partial charge in [-0.05, 0) is 18.9 Å². The van der Waals surface area contributed by atoms with E-state index in [1.807, 2.05) is 0 Å². The molecule has 0 aromatic heterocycles. The molecule has 1 aromatic carbocycles. The van der Waals surface area contributed by atoms with Crippen molar-refractivity contribution in [2.24, 2.45) is 0 Å². The molecule has 3 rings (SSSR count). The normalized spacial score (nSPS) is 26.3. The van der Waals surface area contributed by atoms with Crippen molar-refractivity contribution in [3.05, 3.63) is 35.6 Å². The summed E-state index contributed by atoms with van der Waals surface area (Å²) in [5.41, 5.74) is -0.496. The Hall–Kier alpha value is -1.51. The lowest BCUT2D eigenvalue weighted by Gasteiger charge is -2.23. The van der Waals surface area contributed by atoms with Crippen molar-refractivity contribution in [1.29, 1.82) is 0 Å². The summed E-state index contributed by atoms with van der Waals surface area (Å²) in [6.07, 6.45) is 1.16. The highest BCUT2D eigenvalue weighted by Crippen LogP contribution is 2.50. The maximum absolute atomic E-state index is 14.0. The molecular weight excluding hydrogens is 323 g/mol. The van der Waals surface area contributed by atoms with Crippen LogP contribution in [-0.2, 0) is 20.2 Å². The number of rotatable bonds is 4. The van der Waals surface area contributed by atoms with E-state index < -0.39 is 33.4 Å². The fourth-order valence-corrected chi connectivity index (χ4v) is 4.00. The Labute approximate surface area is 134 Å². The van der Waals surface area contributed by atoms with Crippen LogP contribution >= 0.6 is 0 Å². The second-order valence-corrected chi connectivity index (χ2v) is 8.12.